The van der Waals surface area contributed by atoms with Crippen LogP contribution in [0.15, 0.2) is 42.7 Å². The molecule has 1 N–H and O–H groups in total. The van der Waals surface area contributed by atoms with Gasteiger partial charge in [0, 0.05) is 47.9 Å². The van der Waals surface area contributed by atoms with Crippen LogP contribution in [0.2, 0.25) is 0 Å². The number of pyridine rings is 2. The predicted molar refractivity (Wildman–Crippen MR) is 177 cm³/mol. The number of carbonyl (C=O) groups is 1. The smallest absolute Gasteiger partial charge is 0.340 e. The summed E-state index contributed by atoms with van der Waals surface area (Å²) in [6.07, 6.45) is 4.52. The summed E-state index contributed by atoms with van der Waals surface area (Å²) in [7, 11) is 0. The quantitative estimate of drug-likeness (QED) is 0.172. The number of carbonyl (C=O) groups excluding carboxylic acids is 1. The van der Waals surface area contributed by atoms with Gasteiger partial charge in [-0.05, 0) is 103 Å². The van der Waals surface area contributed by atoms with Crippen LogP contribution in [0.4, 0.5) is 15.9 Å². The van der Waals surface area contributed by atoms with Gasteiger partial charge < -0.3 is 24.4 Å². The third kappa shape index (κ3) is 9.16. The zero-order valence-corrected chi connectivity index (χ0v) is 28.3. The number of halogens is 1. The van der Waals surface area contributed by atoms with Gasteiger partial charge in [-0.1, -0.05) is 13.8 Å². The fourth-order valence-corrected chi connectivity index (χ4v) is 5.40. The second-order valence-electron chi connectivity index (χ2n) is 13.9. The van der Waals surface area contributed by atoms with Crippen LogP contribution in [0.1, 0.15) is 84.2 Å². The van der Waals surface area contributed by atoms with Gasteiger partial charge in [-0.25, -0.2) is 14.2 Å². The first-order valence-electron chi connectivity index (χ1n) is 15.9. The molecule has 2 aromatic heterocycles. The number of anilines is 2. The Bertz CT molecular complexity index is 1460. The highest BCUT2D eigenvalue weighted by Crippen LogP contribution is 2.43. The third-order valence-corrected chi connectivity index (χ3v) is 7.90. The van der Waals surface area contributed by atoms with Crippen LogP contribution in [-0.4, -0.2) is 53.9 Å². The Morgan fingerprint density at radius 3 is 2.38 bits per heavy atom. The number of hydrogen-bond acceptors (Lipinski definition) is 8. The van der Waals surface area contributed by atoms with E-state index < -0.39 is 17.7 Å². The maximum absolute atomic E-state index is 13.6. The Labute approximate surface area is 267 Å². The lowest BCUT2D eigenvalue weighted by atomic mass is 9.82. The van der Waals surface area contributed by atoms with Gasteiger partial charge in [0.25, 0.3) is 0 Å². The first-order chi connectivity index (χ1) is 21.1. The number of esters is 1. The van der Waals surface area contributed by atoms with E-state index >= 15 is 0 Å². The van der Waals surface area contributed by atoms with E-state index in [-0.39, 0.29) is 17.3 Å². The van der Waals surface area contributed by atoms with E-state index in [1.165, 1.54) is 6.07 Å². The fraction of sp³-hybridized carbons (Fsp3) is 0.528. The van der Waals surface area contributed by atoms with E-state index in [1.54, 1.807) is 19.1 Å². The number of piperidine rings is 1. The van der Waals surface area contributed by atoms with Gasteiger partial charge in [0.2, 0.25) is 0 Å². The van der Waals surface area contributed by atoms with Crippen molar-refractivity contribution in [2.45, 2.75) is 93.0 Å². The minimum Gasteiger partial charge on any atom is -0.492 e. The Balaban J connectivity index is 1.65. The lowest BCUT2D eigenvalue weighted by molar-refractivity contribution is -0.171. The molecule has 9 heteroatoms. The molecule has 1 atom stereocenters. The molecule has 1 aromatic carbocycles. The molecule has 244 valence electrons. The molecule has 45 heavy (non-hydrogen) atoms. The zero-order valence-electron chi connectivity index (χ0n) is 28.3. The summed E-state index contributed by atoms with van der Waals surface area (Å²) < 4.78 is 31.5. The van der Waals surface area contributed by atoms with E-state index in [9.17, 15) is 9.18 Å². The number of nitrogens with one attached hydrogen (secondary N) is 1. The minimum atomic E-state index is -0.941. The van der Waals surface area contributed by atoms with Crippen molar-refractivity contribution in [1.29, 1.82) is 0 Å². The third-order valence-electron chi connectivity index (χ3n) is 7.90. The molecule has 3 aromatic rings. The van der Waals surface area contributed by atoms with E-state index in [2.05, 4.69) is 29.0 Å². The van der Waals surface area contributed by atoms with Crippen molar-refractivity contribution >= 4 is 17.5 Å². The van der Waals surface area contributed by atoms with Crippen molar-refractivity contribution in [3.63, 3.8) is 0 Å². The summed E-state index contributed by atoms with van der Waals surface area (Å²) in [4.78, 5) is 25.4. The van der Waals surface area contributed by atoms with Gasteiger partial charge in [-0.15, -0.1) is 0 Å². The first-order valence-corrected chi connectivity index (χ1v) is 15.9. The average Bonchev–Trinajstić information content (AvgIpc) is 2.95. The molecule has 0 amide bonds. The van der Waals surface area contributed by atoms with Gasteiger partial charge in [0.15, 0.2) is 6.10 Å². The molecule has 0 radical (unpaired) electrons. The maximum atomic E-state index is 13.6. The van der Waals surface area contributed by atoms with Gasteiger partial charge in [-0.3, -0.25) is 4.98 Å². The molecule has 8 nitrogen and oxygen atoms in total. The van der Waals surface area contributed by atoms with Gasteiger partial charge in [-0.2, -0.15) is 0 Å². The summed E-state index contributed by atoms with van der Waals surface area (Å²) in [5, 5.41) is 3.29. The molecule has 0 unspecified atom stereocenters. The van der Waals surface area contributed by atoms with Gasteiger partial charge >= 0.3 is 5.97 Å². The summed E-state index contributed by atoms with van der Waals surface area (Å²) in [6, 6.07) is 8.66. The van der Waals surface area contributed by atoms with Crippen molar-refractivity contribution in [2.24, 2.45) is 5.41 Å². The number of nitrogens with zero attached hydrogens (tertiary/aromatic N) is 3. The highest BCUT2D eigenvalue weighted by atomic mass is 19.1. The molecular formula is C36H49FN4O4. The maximum Gasteiger partial charge on any atom is 0.340 e. The first kappa shape index (κ1) is 34.2. The lowest BCUT2D eigenvalue weighted by Gasteiger charge is -2.41. The highest BCUT2D eigenvalue weighted by molar-refractivity contribution is 5.87. The summed E-state index contributed by atoms with van der Waals surface area (Å²) in [6.45, 7) is 20.4. The lowest BCUT2D eigenvalue weighted by Crippen LogP contribution is -2.39. The number of rotatable bonds is 11. The molecule has 0 aliphatic carbocycles. The number of aryl methyl sites for hydroxylation is 2. The Kier molecular flexibility index (Phi) is 10.7. The molecule has 0 spiro atoms. The molecule has 1 aliphatic rings. The molecular weight excluding hydrogens is 571 g/mol. The van der Waals surface area contributed by atoms with Gasteiger partial charge in [0.05, 0.1) is 23.9 Å². The van der Waals surface area contributed by atoms with Crippen LogP contribution in [0, 0.1) is 25.1 Å². The SMILES string of the molecule is Cc1cc(OCCNc2ccc(-c3cnc(C)c([C@H](OC(C)(C)C)C(=O)OC(C)C)c3N3CCC(C)(C)CC3)cn2)ccc1F. The second kappa shape index (κ2) is 14.1. The van der Waals surface area contributed by atoms with Crippen LogP contribution >= 0.6 is 0 Å². The summed E-state index contributed by atoms with van der Waals surface area (Å²) in [5.74, 6) is 0.659. The minimum absolute atomic E-state index is 0.241. The molecule has 1 fully saturated rings. The monoisotopic (exact) mass is 620 g/mol. The molecule has 0 saturated carbocycles. The van der Waals surface area contributed by atoms with E-state index in [0.29, 0.717) is 30.3 Å². The van der Waals surface area contributed by atoms with E-state index in [0.717, 1.165) is 54.0 Å². The Morgan fingerprint density at radius 1 is 1.07 bits per heavy atom. The largest absolute Gasteiger partial charge is 0.492 e. The number of ether oxygens (including phenoxy) is 3. The van der Waals surface area contributed by atoms with Crippen LogP contribution in [-0.2, 0) is 14.3 Å². The Hall–Kier alpha value is -3.72. The van der Waals surface area contributed by atoms with Crippen molar-refractivity contribution < 1.29 is 23.4 Å². The molecule has 4 rings (SSSR count). The fourth-order valence-electron chi connectivity index (χ4n) is 5.40. The van der Waals surface area contributed by atoms with Crippen LogP contribution in [0.5, 0.6) is 5.75 Å². The molecule has 1 saturated heterocycles. The van der Waals surface area contributed by atoms with E-state index in [1.807, 2.05) is 66.1 Å². The average molecular weight is 621 g/mol. The van der Waals surface area contributed by atoms with Crippen molar-refractivity contribution in [1.82, 2.24) is 9.97 Å². The van der Waals surface area contributed by atoms with Crippen LogP contribution in [0.25, 0.3) is 11.1 Å². The van der Waals surface area contributed by atoms with Crippen molar-refractivity contribution in [3.05, 3.63) is 65.4 Å². The number of hydrogen-bond donors (Lipinski definition) is 1. The second-order valence-corrected chi connectivity index (χ2v) is 13.9. The van der Waals surface area contributed by atoms with Crippen LogP contribution in [0.3, 0.4) is 0 Å². The number of aromatic nitrogens is 2. The summed E-state index contributed by atoms with van der Waals surface area (Å²) in [5.41, 5.74) is 4.39. The van der Waals surface area contributed by atoms with Crippen LogP contribution < -0.4 is 15.0 Å². The topological polar surface area (TPSA) is 85.8 Å². The standard InChI is InChI=1S/C36H49FN4O4/c1-23(2)44-34(42)33(45-35(5,6)7)31-25(4)39-22-28(32(31)41-17-14-36(8,9)15-18-41)26-10-13-30(40-21-26)38-16-19-43-27-11-12-29(37)24(3)20-27/h10-13,20-23,33H,14-19H2,1-9H3,(H,38,40)/t33-/m0/s1. The molecule has 1 aliphatic heterocycles. The number of benzene rings is 1. The zero-order chi connectivity index (χ0) is 32.9. The van der Waals surface area contributed by atoms with Crippen molar-refractivity contribution in [3.8, 4) is 16.9 Å². The van der Waals surface area contributed by atoms with Gasteiger partial charge in [0.1, 0.15) is 24.0 Å². The molecule has 3 heterocycles. The van der Waals surface area contributed by atoms with E-state index in [4.69, 9.17) is 19.2 Å². The molecule has 0 bridgehead atoms. The predicted octanol–water partition coefficient (Wildman–Crippen LogP) is 7.82. The normalized spacial score (nSPS) is 15.6. The Morgan fingerprint density at radius 2 is 1.78 bits per heavy atom. The van der Waals surface area contributed by atoms with Crippen molar-refractivity contribution in [2.75, 3.05) is 36.5 Å². The highest BCUT2D eigenvalue weighted by Gasteiger charge is 2.37. The summed E-state index contributed by atoms with van der Waals surface area (Å²) >= 11 is 0.